The molecule has 0 unspecified atom stereocenters. The van der Waals surface area contributed by atoms with Crippen LogP contribution in [0.4, 0.5) is 30.7 Å². The van der Waals surface area contributed by atoms with Crippen molar-refractivity contribution in [1.82, 2.24) is 9.97 Å². The molecule has 0 saturated heterocycles. The molecule has 0 bridgehead atoms. The lowest BCUT2D eigenvalue weighted by molar-refractivity contribution is -0.348. The van der Waals surface area contributed by atoms with Crippen LogP contribution in [0.5, 0.6) is 0 Å². The molecule has 2 aromatic heterocycles. The number of halogens is 7. The van der Waals surface area contributed by atoms with Gasteiger partial charge in [0.2, 0.25) is 5.89 Å². The minimum absolute atomic E-state index is 0.0704. The van der Waals surface area contributed by atoms with Crippen LogP contribution in [-0.2, 0) is 5.67 Å². The Morgan fingerprint density at radius 3 is 2.06 bits per heavy atom. The number of aromatic nitrogens is 2. The lowest BCUT2D eigenvalue weighted by Gasteiger charge is -2.30. The lowest BCUT2D eigenvalue weighted by Crippen LogP contribution is -2.50. The Balaban J connectivity index is 1.69. The van der Waals surface area contributed by atoms with Crippen LogP contribution in [0.2, 0.25) is 0 Å². The molecular weight excluding hydrogens is 453 g/mol. The maximum atomic E-state index is 14.4. The van der Waals surface area contributed by atoms with E-state index in [9.17, 15) is 30.7 Å². The molecule has 2 heterocycles. The van der Waals surface area contributed by atoms with Gasteiger partial charge in [0, 0.05) is 16.3 Å². The first-order chi connectivity index (χ1) is 15.5. The van der Waals surface area contributed by atoms with E-state index in [0.717, 1.165) is 16.8 Å². The Bertz CT molecular complexity index is 1500. The van der Waals surface area contributed by atoms with Crippen molar-refractivity contribution in [2.75, 3.05) is 0 Å². The first-order valence-corrected chi connectivity index (χ1v) is 9.51. The molecule has 0 N–H and O–H groups in total. The fourth-order valence-electron chi connectivity index (χ4n) is 3.72. The highest BCUT2D eigenvalue weighted by Crippen LogP contribution is 2.53. The van der Waals surface area contributed by atoms with Crippen molar-refractivity contribution in [3.05, 3.63) is 72.3 Å². The number of oxazole rings is 1. The summed E-state index contributed by atoms with van der Waals surface area (Å²) in [7, 11) is 0. The van der Waals surface area contributed by atoms with Crippen LogP contribution in [0.25, 0.3) is 44.4 Å². The molecule has 0 aliphatic carbocycles. The van der Waals surface area contributed by atoms with Gasteiger partial charge in [0.25, 0.3) is 0 Å². The monoisotopic (exact) mass is 464 g/mol. The van der Waals surface area contributed by atoms with Crippen molar-refractivity contribution < 1.29 is 35.2 Å². The van der Waals surface area contributed by atoms with E-state index in [2.05, 4.69) is 9.97 Å². The minimum Gasteiger partial charge on any atom is -0.436 e. The van der Waals surface area contributed by atoms with E-state index in [4.69, 9.17) is 4.42 Å². The third-order valence-electron chi connectivity index (χ3n) is 5.34. The third kappa shape index (κ3) is 3.20. The molecule has 0 aliphatic heterocycles. The van der Waals surface area contributed by atoms with Crippen LogP contribution in [0.1, 0.15) is 5.56 Å². The molecule has 10 heteroatoms. The van der Waals surface area contributed by atoms with Gasteiger partial charge in [0.1, 0.15) is 5.52 Å². The maximum Gasteiger partial charge on any atom is 0.435 e. The molecule has 0 aliphatic rings. The van der Waals surface area contributed by atoms with Gasteiger partial charge in [-0.1, -0.05) is 36.4 Å². The SMILES string of the molecule is FC(F)(F)C(F)(c1ccc2oc(-c3cccc4cc5ccccc5nc34)nc2c1)C(F)(F)F. The Morgan fingerprint density at radius 2 is 1.33 bits per heavy atom. The first-order valence-electron chi connectivity index (χ1n) is 9.51. The third-order valence-corrected chi connectivity index (χ3v) is 5.34. The van der Waals surface area contributed by atoms with Crippen LogP contribution in [0.15, 0.2) is 71.1 Å². The minimum atomic E-state index is -6.22. The number of hydrogen-bond acceptors (Lipinski definition) is 3. The van der Waals surface area contributed by atoms with Crippen molar-refractivity contribution in [1.29, 1.82) is 0 Å². The van der Waals surface area contributed by atoms with Crippen LogP contribution >= 0.6 is 0 Å². The Hall–Kier alpha value is -3.69. The van der Waals surface area contributed by atoms with Gasteiger partial charge < -0.3 is 4.42 Å². The van der Waals surface area contributed by atoms with Gasteiger partial charge in [-0.15, -0.1) is 0 Å². The predicted molar refractivity (Wildman–Crippen MR) is 107 cm³/mol. The molecule has 0 amide bonds. The summed E-state index contributed by atoms with van der Waals surface area (Å²) < 4.78 is 98.7. The normalized spacial score (nSPS) is 13.3. The molecule has 0 fully saturated rings. The van der Waals surface area contributed by atoms with Crippen molar-refractivity contribution in [3.63, 3.8) is 0 Å². The van der Waals surface area contributed by atoms with Crippen molar-refractivity contribution in [2.45, 2.75) is 18.0 Å². The molecule has 3 nitrogen and oxygen atoms in total. The summed E-state index contributed by atoms with van der Waals surface area (Å²) >= 11 is 0. The van der Waals surface area contributed by atoms with Crippen molar-refractivity contribution in [2.24, 2.45) is 0 Å². The number of benzene rings is 3. The summed E-state index contributed by atoms with van der Waals surface area (Å²) in [5, 5.41) is 1.61. The zero-order chi connectivity index (χ0) is 23.6. The van der Waals surface area contributed by atoms with E-state index >= 15 is 0 Å². The Kier molecular flexibility index (Phi) is 4.43. The van der Waals surface area contributed by atoms with E-state index < -0.39 is 23.6 Å². The van der Waals surface area contributed by atoms with Crippen LogP contribution in [0.3, 0.4) is 0 Å². The second-order valence-corrected chi connectivity index (χ2v) is 7.41. The van der Waals surface area contributed by atoms with Crippen LogP contribution in [-0.4, -0.2) is 22.3 Å². The van der Waals surface area contributed by atoms with Gasteiger partial charge in [-0.05, 0) is 30.3 Å². The molecule has 0 spiro atoms. The zero-order valence-electron chi connectivity index (χ0n) is 16.3. The number of pyridine rings is 1. The quantitative estimate of drug-likeness (QED) is 0.201. The number of alkyl halides is 7. The molecular formula is C23H11F7N2O. The largest absolute Gasteiger partial charge is 0.436 e. The Morgan fingerprint density at radius 1 is 0.636 bits per heavy atom. The summed E-state index contributed by atoms with van der Waals surface area (Å²) in [6.45, 7) is 0. The first kappa shape index (κ1) is 21.2. The molecule has 5 aromatic rings. The summed E-state index contributed by atoms with van der Waals surface area (Å²) in [5.74, 6) is -0.0704. The summed E-state index contributed by atoms with van der Waals surface area (Å²) in [6, 6.07) is 15.9. The highest BCUT2D eigenvalue weighted by Gasteiger charge is 2.73. The van der Waals surface area contributed by atoms with Gasteiger partial charge >= 0.3 is 18.0 Å². The maximum absolute atomic E-state index is 14.4. The standard InChI is InChI=1S/C23H11F7N2O/c24-21(22(25,26)27,23(28,29)30)14-8-9-18-17(11-14)32-20(33-18)15-6-3-5-13-10-12-4-1-2-7-16(12)31-19(13)15/h1-11H. The van der Waals surface area contributed by atoms with Crippen LogP contribution in [0, 0.1) is 0 Å². The van der Waals surface area contributed by atoms with Crippen molar-refractivity contribution in [3.8, 4) is 11.5 Å². The number of para-hydroxylation sites is 2. The summed E-state index contributed by atoms with van der Waals surface area (Å²) in [5.41, 5.74) is -6.09. The van der Waals surface area contributed by atoms with Gasteiger partial charge in [-0.2, -0.15) is 26.3 Å². The number of nitrogens with zero attached hydrogens (tertiary/aromatic N) is 2. The second-order valence-electron chi connectivity index (χ2n) is 7.41. The van der Waals surface area contributed by atoms with Crippen LogP contribution < -0.4 is 0 Å². The highest BCUT2D eigenvalue weighted by atomic mass is 19.4. The average molecular weight is 464 g/mol. The van der Waals surface area contributed by atoms with Gasteiger partial charge in [-0.3, -0.25) is 0 Å². The van der Waals surface area contributed by atoms with E-state index in [1.807, 2.05) is 18.2 Å². The molecule has 0 saturated carbocycles. The topological polar surface area (TPSA) is 38.9 Å². The van der Waals surface area contributed by atoms with Gasteiger partial charge in [-0.25, -0.2) is 14.4 Å². The van der Waals surface area contributed by atoms with E-state index in [0.29, 0.717) is 28.7 Å². The van der Waals surface area contributed by atoms with E-state index in [1.165, 1.54) is 0 Å². The second kappa shape index (κ2) is 6.90. The van der Waals surface area contributed by atoms with Gasteiger partial charge in [0.05, 0.1) is 16.6 Å². The predicted octanol–water partition coefficient (Wildman–Crippen LogP) is 7.49. The molecule has 3 aromatic carbocycles. The van der Waals surface area contributed by atoms with E-state index in [-0.39, 0.29) is 17.0 Å². The smallest absolute Gasteiger partial charge is 0.435 e. The summed E-state index contributed by atoms with van der Waals surface area (Å²) in [6.07, 6.45) is -12.4. The van der Waals surface area contributed by atoms with Gasteiger partial charge in [0.15, 0.2) is 5.58 Å². The lowest BCUT2D eigenvalue weighted by atomic mass is 9.94. The summed E-state index contributed by atoms with van der Waals surface area (Å²) in [4.78, 5) is 8.63. The average Bonchev–Trinajstić information content (AvgIpc) is 3.18. The Labute approximate surface area is 180 Å². The van der Waals surface area contributed by atoms with Crippen molar-refractivity contribution >= 4 is 32.9 Å². The fourth-order valence-corrected chi connectivity index (χ4v) is 3.72. The highest BCUT2D eigenvalue weighted by molar-refractivity contribution is 5.99. The van der Waals surface area contributed by atoms with E-state index in [1.54, 1.807) is 30.3 Å². The number of fused-ring (bicyclic) bond motifs is 3. The fraction of sp³-hybridized carbons (Fsp3) is 0.130. The molecule has 0 atom stereocenters. The molecule has 168 valence electrons. The number of rotatable bonds is 2. The molecule has 0 radical (unpaired) electrons. The number of hydrogen-bond donors (Lipinski definition) is 0. The molecule has 5 rings (SSSR count). The zero-order valence-corrected chi connectivity index (χ0v) is 16.3. The molecule has 33 heavy (non-hydrogen) atoms.